The standard InChI is InChI=1S/C15H32N2O/c1-4-6-7-9-14(8-5-2)17-11-13(16-3)10-15(18)12-17/h13-16,18H,4-12H2,1-3H3/t13-,14?,15-/m1/s1. The Labute approximate surface area is 113 Å². The minimum atomic E-state index is -0.151. The molecule has 2 N–H and O–H groups in total. The molecule has 1 fully saturated rings. The van der Waals surface area contributed by atoms with Gasteiger partial charge < -0.3 is 10.4 Å². The number of β-amino-alcohol motifs (C(OH)–C–C–N with tert-alkyl or cyclic N) is 1. The first-order valence-electron chi connectivity index (χ1n) is 7.80. The summed E-state index contributed by atoms with van der Waals surface area (Å²) in [6.07, 6.45) is 8.53. The Hall–Kier alpha value is -0.120. The van der Waals surface area contributed by atoms with Gasteiger partial charge in [0.05, 0.1) is 6.10 Å². The second kappa shape index (κ2) is 8.89. The number of nitrogens with zero attached hydrogens (tertiary/aromatic N) is 1. The van der Waals surface area contributed by atoms with Crippen molar-refractivity contribution >= 4 is 0 Å². The van der Waals surface area contributed by atoms with E-state index in [0.717, 1.165) is 19.5 Å². The van der Waals surface area contributed by atoms with Gasteiger partial charge in [0, 0.05) is 25.2 Å². The average molecular weight is 256 g/mol. The van der Waals surface area contributed by atoms with E-state index in [9.17, 15) is 5.11 Å². The summed E-state index contributed by atoms with van der Waals surface area (Å²) < 4.78 is 0. The van der Waals surface area contributed by atoms with Crippen molar-refractivity contribution in [3.8, 4) is 0 Å². The van der Waals surface area contributed by atoms with Gasteiger partial charge in [-0.2, -0.15) is 0 Å². The Morgan fingerprint density at radius 3 is 2.56 bits per heavy atom. The van der Waals surface area contributed by atoms with Crippen LogP contribution in [0.3, 0.4) is 0 Å². The number of unbranched alkanes of at least 4 members (excludes halogenated alkanes) is 2. The Balaban J connectivity index is 2.48. The van der Waals surface area contributed by atoms with Gasteiger partial charge in [-0.25, -0.2) is 0 Å². The highest BCUT2D eigenvalue weighted by molar-refractivity contribution is 4.86. The van der Waals surface area contributed by atoms with Crippen LogP contribution in [0, 0.1) is 0 Å². The fourth-order valence-electron chi connectivity index (χ4n) is 3.09. The van der Waals surface area contributed by atoms with Crippen LogP contribution in [0.2, 0.25) is 0 Å². The lowest BCUT2D eigenvalue weighted by Gasteiger charge is -2.40. The molecule has 0 amide bonds. The summed E-state index contributed by atoms with van der Waals surface area (Å²) >= 11 is 0. The second-order valence-electron chi connectivity index (χ2n) is 5.77. The Morgan fingerprint density at radius 2 is 1.94 bits per heavy atom. The molecule has 3 atom stereocenters. The lowest BCUT2D eigenvalue weighted by Crippen LogP contribution is -2.53. The molecule has 3 heteroatoms. The minimum absolute atomic E-state index is 0.151. The van der Waals surface area contributed by atoms with Crippen molar-refractivity contribution in [3.05, 3.63) is 0 Å². The summed E-state index contributed by atoms with van der Waals surface area (Å²) in [5.74, 6) is 0. The van der Waals surface area contributed by atoms with Gasteiger partial charge >= 0.3 is 0 Å². The molecule has 0 radical (unpaired) electrons. The van der Waals surface area contributed by atoms with Gasteiger partial charge in [0.15, 0.2) is 0 Å². The van der Waals surface area contributed by atoms with Crippen LogP contribution in [-0.4, -0.2) is 48.3 Å². The summed E-state index contributed by atoms with van der Waals surface area (Å²) in [5.41, 5.74) is 0. The first kappa shape index (κ1) is 15.9. The predicted octanol–water partition coefficient (Wildman–Crippen LogP) is 2.39. The van der Waals surface area contributed by atoms with Crippen molar-refractivity contribution in [3.63, 3.8) is 0 Å². The molecule has 0 aromatic heterocycles. The highest BCUT2D eigenvalue weighted by Crippen LogP contribution is 2.20. The lowest BCUT2D eigenvalue weighted by atomic mass is 9.96. The van der Waals surface area contributed by atoms with E-state index in [1.54, 1.807) is 0 Å². The van der Waals surface area contributed by atoms with Crippen molar-refractivity contribution in [1.29, 1.82) is 0 Å². The number of piperidine rings is 1. The fraction of sp³-hybridized carbons (Fsp3) is 1.00. The zero-order chi connectivity index (χ0) is 13.4. The van der Waals surface area contributed by atoms with Crippen molar-refractivity contribution in [2.24, 2.45) is 0 Å². The molecule has 0 aliphatic carbocycles. The molecule has 0 spiro atoms. The summed E-state index contributed by atoms with van der Waals surface area (Å²) in [5, 5.41) is 13.3. The summed E-state index contributed by atoms with van der Waals surface area (Å²) in [6.45, 7) is 6.50. The van der Waals surface area contributed by atoms with Crippen molar-refractivity contribution in [2.45, 2.75) is 77.0 Å². The van der Waals surface area contributed by atoms with E-state index in [2.05, 4.69) is 24.1 Å². The number of aliphatic hydroxyl groups is 1. The number of rotatable bonds is 8. The van der Waals surface area contributed by atoms with Crippen molar-refractivity contribution < 1.29 is 5.11 Å². The number of aliphatic hydroxyl groups excluding tert-OH is 1. The van der Waals surface area contributed by atoms with Crippen LogP contribution < -0.4 is 5.32 Å². The van der Waals surface area contributed by atoms with Crippen LogP contribution in [-0.2, 0) is 0 Å². The highest BCUT2D eigenvalue weighted by Gasteiger charge is 2.28. The van der Waals surface area contributed by atoms with Gasteiger partial charge in [-0.3, -0.25) is 4.90 Å². The van der Waals surface area contributed by atoms with E-state index in [1.165, 1.54) is 38.5 Å². The van der Waals surface area contributed by atoms with E-state index in [1.807, 2.05) is 7.05 Å². The van der Waals surface area contributed by atoms with Gasteiger partial charge in [-0.15, -0.1) is 0 Å². The first-order valence-corrected chi connectivity index (χ1v) is 7.80. The van der Waals surface area contributed by atoms with Crippen LogP contribution in [0.25, 0.3) is 0 Å². The molecule has 3 nitrogen and oxygen atoms in total. The van der Waals surface area contributed by atoms with Gasteiger partial charge in [0.1, 0.15) is 0 Å². The van der Waals surface area contributed by atoms with Crippen LogP contribution in [0.4, 0.5) is 0 Å². The highest BCUT2D eigenvalue weighted by atomic mass is 16.3. The molecule has 108 valence electrons. The topological polar surface area (TPSA) is 35.5 Å². The maximum absolute atomic E-state index is 9.99. The second-order valence-corrected chi connectivity index (χ2v) is 5.77. The molecule has 1 unspecified atom stereocenters. The zero-order valence-electron chi connectivity index (χ0n) is 12.5. The van der Waals surface area contributed by atoms with E-state index in [4.69, 9.17) is 0 Å². The van der Waals surface area contributed by atoms with Crippen LogP contribution in [0.15, 0.2) is 0 Å². The zero-order valence-corrected chi connectivity index (χ0v) is 12.5. The largest absolute Gasteiger partial charge is 0.392 e. The molecular formula is C15H32N2O. The van der Waals surface area contributed by atoms with Crippen molar-refractivity contribution in [2.75, 3.05) is 20.1 Å². The quantitative estimate of drug-likeness (QED) is 0.655. The molecule has 18 heavy (non-hydrogen) atoms. The lowest BCUT2D eigenvalue weighted by molar-refractivity contribution is 0.0255. The minimum Gasteiger partial charge on any atom is -0.392 e. The number of hydrogen-bond donors (Lipinski definition) is 2. The summed E-state index contributed by atoms with van der Waals surface area (Å²) in [6, 6.07) is 1.13. The first-order chi connectivity index (χ1) is 8.71. The maximum Gasteiger partial charge on any atom is 0.0682 e. The Kier molecular flexibility index (Phi) is 7.87. The van der Waals surface area contributed by atoms with Gasteiger partial charge in [-0.05, 0) is 26.3 Å². The van der Waals surface area contributed by atoms with E-state index in [-0.39, 0.29) is 6.10 Å². The molecule has 0 aromatic carbocycles. The molecule has 1 aliphatic rings. The van der Waals surface area contributed by atoms with Crippen LogP contribution in [0.5, 0.6) is 0 Å². The molecule has 1 aliphatic heterocycles. The molecular weight excluding hydrogens is 224 g/mol. The van der Waals surface area contributed by atoms with Gasteiger partial charge in [-0.1, -0.05) is 39.5 Å². The third-order valence-corrected chi connectivity index (χ3v) is 4.14. The van der Waals surface area contributed by atoms with Gasteiger partial charge in [0.25, 0.3) is 0 Å². The van der Waals surface area contributed by atoms with E-state index >= 15 is 0 Å². The van der Waals surface area contributed by atoms with E-state index in [0.29, 0.717) is 12.1 Å². The molecule has 0 bridgehead atoms. The monoisotopic (exact) mass is 256 g/mol. The fourth-order valence-corrected chi connectivity index (χ4v) is 3.09. The Morgan fingerprint density at radius 1 is 1.17 bits per heavy atom. The van der Waals surface area contributed by atoms with Crippen LogP contribution >= 0.6 is 0 Å². The molecule has 1 saturated heterocycles. The van der Waals surface area contributed by atoms with Gasteiger partial charge in [0.2, 0.25) is 0 Å². The molecule has 1 heterocycles. The summed E-state index contributed by atoms with van der Waals surface area (Å²) in [7, 11) is 2.01. The Bertz CT molecular complexity index is 211. The summed E-state index contributed by atoms with van der Waals surface area (Å²) in [4.78, 5) is 2.52. The number of likely N-dealkylation sites (N-methyl/N-ethyl adjacent to an activating group) is 1. The molecule has 0 saturated carbocycles. The smallest absolute Gasteiger partial charge is 0.0682 e. The van der Waals surface area contributed by atoms with E-state index < -0.39 is 0 Å². The van der Waals surface area contributed by atoms with Crippen molar-refractivity contribution in [1.82, 2.24) is 10.2 Å². The van der Waals surface area contributed by atoms with Crippen LogP contribution in [0.1, 0.15) is 58.8 Å². The molecule has 0 aromatic rings. The predicted molar refractivity (Wildman–Crippen MR) is 77.9 cm³/mol. The number of nitrogens with one attached hydrogen (secondary N) is 1. The number of likely N-dealkylation sites (tertiary alicyclic amines) is 1. The SMILES string of the molecule is CCCCCC(CCC)N1C[C@H](O)C[C@@H](NC)C1. The molecule has 1 rings (SSSR count). The number of hydrogen-bond acceptors (Lipinski definition) is 3. The normalized spacial score (nSPS) is 27.3. The third-order valence-electron chi connectivity index (χ3n) is 4.14. The third kappa shape index (κ3) is 5.25. The maximum atomic E-state index is 9.99. The average Bonchev–Trinajstić information content (AvgIpc) is 2.37.